The van der Waals surface area contributed by atoms with Crippen LogP contribution in [-0.4, -0.2) is 24.2 Å². The summed E-state index contributed by atoms with van der Waals surface area (Å²) in [6.07, 6.45) is 1.78. The van der Waals surface area contributed by atoms with Crippen molar-refractivity contribution < 1.29 is 4.52 Å². The van der Waals surface area contributed by atoms with E-state index in [9.17, 15) is 0 Å². The van der Waals surface area contributed by atoms with Gasteiger partial charge in [0.25, 0.3) is 5.89 Å². The topological polar surface area (TPSA) is 42.2 Å². The second-order valence-corrected chi connectivity index (χ2v) is 6.20. The number of rotatable bonds is 4. The fourth-order valence-corrected chi connectivity index (χ4v) is 2.57. The third kappa shape index (κ3) is 3.61. The average Bonchev–Trinajstić information content (AvgIpc) is 3.05. The molecule has 0 aliphatic heterocycles. The van der Waals surface area contributed by atoms with Gasteiger partial charge in [-0.2, -0.15) is 4.98 Å². The van der Waals surface area contributed by atoms with Crippen molar-refractivity contribution in [1.82, 2.24) is 10.1 Å². The first kappa shape index (κ1) is 16.6. The first-order valence-corrected chi connectivity index (χ1v) is 8.04. The Morgan fingerprint density at radius 1 is 1.08 bits per heavy atom. The van der Waals surface area contributed by atoms with Crippen molar-refractivity contribution in [3.8, 4) is 11.4 Å². The summed E-state index contributed by atoms with van der Waals surface area (Å²) in [4.78, 5) is 6.34. The van der Waals surface area contributed by atoms with Crippen molar-refractivity contribution in [3.05, 3.63) is 65.0 Å². The Bertz CT molecular complexity index is 870. The number of halogens is 2. The zero-order valence-corrected chi connectivity index (χ0v) is 14.7. The summed E-state index contributed by atoms with van der Waals surface area (Å²) < 4.78 is 5.24. The summed E-state index contributed by atoms with van der Waals surface area (Å²) in [7, 11) is 3.99. The summed E-state index contributed by atoms with van der Waals surface area (Å²) in [5, 5.41) is 4.88. The smallest absolute Gasteiger partial charge is 0.269 e. The molecule has 24 heavy (non-hydrogen) atoms. The number of anilines is 1. The summed E-state index contributed by atoms with van der Waals surface area (Å²) in [5.41, 5.74) is 2.76. The van der Waals surface area contributed by atoms with Gasteiger partial charge in [-0.1, -0.05) is 52.6 Å². The maximum absolute atomic E-state index is 6.31. The van der Waals surface area contributed by atoms with Crippen LogP contribution in [0.15, 0.2) is 53.1 Å². The lowest BCUT2D eigenvalue weighted by atomic mass is 10.2. The average molecular weight is 360 g/mol. The Balaban J connectivity index is 1.85. The molecule has 2 aromatic carbocycles. The van der Waals surface area contributed by atoms with Crippen molar-refractivity contribution in [1.29, 1.82) is 0 Å². The van der Waals surface area contributed by atoms with E-state index < -0.39 is 0 Å². The van der Waals surface area contributed by atoms with Gasteiger partial charge in [-0.15, -0.1) is 0 Å². The Hall–Kier alpha value is -2.30. The van der Waals surface area contributed by atoms with Crippen molar-refractivity contribution in [2.24, 2.45) is 0 Å². The third-order valence-corrected chi connectivity index (χ3v) is 4.05. The Morgan fingerprint density at radius 2 is 1.79 bits per heavy atom. The summed E-state index contributed by atoms with van der Waals surface area (Å²) in [6, 6.07) is 15.3. The van der Waals surface area contributed by atoms with Crippen LogP contribution in [0.25, 0.3) is 22.5 Å². The molecule has 1 aromatic heterocycles. The highest BCUT2D eigenvalue weighted by molar-refractivity contribution is 6.50. The normalized spacial score (nSPS) is 11.6. The van der Waals surface area contributed by atoms with Crippen LogP contribution in [0.5, 0.6) is 0 Å². The van der Waals surface area contributed by atoms with E-state index in [0.29, 0.717) is 21.4 Å². The standard InChI is InChI=1S/C18H15Cl2N3O/c1-23(2)13-9-7-12(8-10-13)11-16(20)18-21-17(22-24-18)14-5-3-4-6-15(14)19/h3-11H,1-2H3/b16-11-. The zero-order chi connectivity index (χ0) is 17.1. The number of nitrogens with zero attached hydrogens (tertiary/aromatic N) is 3. The molecule has 122 valence electrons. The Labute approximate surface area is 150 Å². The maximum Gasteiger partial charge on any atom is 0.269 e. The zero-order valence-electron chi connectivity index (χ0n) is 13.2. The predicted octanol–water partition coefficient (Wildman–Crippen LogP) is 5.19. The summed E-state index contributed by atoms with van der Waals surface area (Å²) in [5.74, 6) is 0.661. The summed E-state index contributed by atoms with van der Waals surface area (Å²) in [6.45, 7) is 0. The van der Waals surface area contributed by atoms with Crippen molar-refractivity contribution in [2.75, 3.05) is 19.0 Å². The van der Waals surface area contributed by atoms with Crippen LogP contribution in [0.1, 0.15) is 11.5 Å². The van der Waals surface area contributed by atoms with E-state index in [4.69, 9.17) is 27.7 Å². The molecule has 0 saturated carbocycles. The second-order valence-electron chi connectivity index (χ2n) is 5.38. The van der Waals surface area contributed by atoms with Gasteiger partial charge in [0.1, 0.15) is 5.03 Å². The molecule has 6 heteroatoms. The van der Waals surface area contributed by atoms with E-state index in [2.05, 4.69) is 10.1 Å². The maximum atomic E-state index is 6.31. The Morgan fingerprint density at radius 3 is 2.46 bits per heavy atom. The molecular weight excluding hydrogens is 345 g/mol. The molecule has 0 N–H and O–H groups in total. The first-order chi connectivity index (χ1) is 11.5. The van der Waals surface area contributed by atoms with Gasteiger partial charge in [0, 0.05) is 25.3 Å². The van der Waals surface area contributed by atoms with Crippen molar-refractivity contribution >= 4 is 40.0 Å². The number of aromatic nitrogens is 2. The Kier molecular flexibility index (Phi) is 4.88. The molecular formula is C18H15Cl2N3O. The second kappa shape index (κ2) is 7.07. The number of hydrogen-bond acceptors (Lipinski definition) is 4. The van der Waals surface area contributed by atoms with Gasteiger partial charge in [0.2, 0.25) is 5.82 Å². The SMILES string of the molecule is CN(C)c1ccc(/C=C(\Cl)c2nc(-c3ccccc3Cl)no2)cc1. The van der Waals surface area contributed by atoms with Gasteiger partial charge in [0.15, 0.2) is 0 Å². The van der Waals surface area contributed by atoms with Gasteiger partial charge in [0.05, 0.1) is 5.02 Å². The molecule has 0 unspecified atom stereocenters. The molecule has 0 atom stereocenters. The summed E-state index contributed by atoms with van der Waals surface area (Å²) >= 11 is 12.4. The largest absolute Gasteiger partial charge is 0.378 e. The van der Waals surface area contributed by atoms with E-state index in [1.807, 2.05) is 61.5 Å². The molecule has 0 amide bonds. The molecule has 3 rings (SSSR count). The molecule has 4 nitrogen and oxygen atoms in total. The lowest BCUT2D eigenvalue weighted by molar-refractivity contribution is 0.410. The molecule has 0 fully saturated rings. The van der Waals surface area contributed by atoms with Crippen LogP contribution >= 0.6 is 23.2 Å². The van der Waals surface area contributed by atoms with Gasteiger partial charge in [-0.25, -0.2) is 0 Å². The molecule has 0 bridgehead atoms. The lowest BCUT2D eigenvalue weighted by Gasteiger charge is -2.11. The van der Waals surface area contributed by atoms with Gasteiger partial charge in [-0.3, -0.25) is 0 Å². The predicted molar refractivity (Wildman–Crippen MR) is 99.2 cm³/mol. The van der Waals surface area contributed by atoms with Gasteiger partial charge in [-0.05, 0) is 35.9 Å². The molecule has 3 aromatic rings. The van der Waals surface area contributed by atoms with Crippen molar-refractivity contribution in [3.63, 3.8) is 0 Å². The van der Waals surface area contributed by atoms with Crippen molar-refractivity contribution in [2.45, 2.75) is 0 Å². The fraction of sp³-hybridized carbons (Fsp3) is 0.111. The third-order valence-electron chi connectivity index (χ3n) is 3.45. The highest BCUT2D eigenvalue weighted by Gasteiger charge is 2.13. The lowest BCUT2D eigenvalue weighted by Crippen LogP contribution is -2.07. The molecule has 1 heterocycles. The first-order valence-electron chi connectivity index (χ1n) is 7.28. The number of hydrogen-bond donors (Lipinski definition) is 0. The minimum atomic E-state index is 0.253. The molecule has 0 aliphatic carbocycles. The van der Waals surface area contributed by atoms with Crippen LogP contribution in [0.3, 0.4) is 0 Å². The van der Waals surface area contributed by atoms with E-state index >= 15 is 0 Å². The van der Waals surface area contributed by atoms with E-state index in [-0.39, 0.29) is 5.89 Å². The van der Waals surface area contributed by atoms with Crippen LogP contribution in [0.4, 0.5) is 5.69 Å². The van der Waals surface area contributed by atoms with E-state index in [1.165, 1.54) is 0 Å². The van der Waals surface area contributed by atoms with Gasteiger partial charge >= 0.3 is 0 Å². The molecule has 0 aliphatic rings. The van der Waals surface area contributed by atoms with E-state index in [1.54, 1.807) is 12.1 Å². The van der Waals surface area contributed by atoms with Crippen LogP contribution in [0, 0.1) is 0 Å². The molecule has 0 radical (unpaired) electrons. The number of benzene rings is 2. The minimum Gasteiger partial charge on any atom is -0.378 e. The monoisotopic (exact) mass is 359 g/mol. The van der Waals surface area contributed by atoms with E-state index in [0.717, 1.165) is 11.3 Å². The van der Waals surface area contributed by atoms with Crippen LogP contribution in [0.2, 0.25) is 5.02 Å². The fourth-order valence-electron chi connectivity index (χ4n) is 2.15. The highest BCUT2D eigenvalue weighted by Crippen LogP contribution is 2.28. The molecule has 0 saturated heterocycles. The molecule has 0 spiro atoms. The minimum absolute atomic E-state index is 0.253. The quantitative estimate of drug-likeness (QED) is 0.642. The van der Waals surface area contributed by atoms with Crippen LogP contribution in [-0.2, 0) is 0 Å². The van der Waals surface area contributed by atoms with Gasteiger partial charge < -0.3 is 9.42 Å². The highest BCUT2D eigenvalue weighted by atomic mass is 35.5. The van der Waals surface area contributed by atoms with Crippen LogP contribution < -0.4 is 4.90 Å².